The molecule has 0 unspecified atom stereocenters. The molecule has 0 amide bonds. The van der Waals surface area contributed by atoms with Crippen molar-refractivity contribution in [3.8, 4) is 0 Å². The molecule has 1 atom stereocenters. The molecule has 17 heavy (non-hydrogen) atoms. The van der Waals surface area contributed by atoms with E-state index in [1.807, 2.05) is 19.2 Å². The highest BCUT2D eigenvalue weighted by atomic mass is 16.3. The van der Waals surface area contributed by atoms with Gasteiger partial charge in [-0.3, -0.25) is 4.98 Å². The van der Waals surface area contributed by atoms with Crippen molar-refractivity contribution < 1.29 is 5.11 Å². The summed E-state index contributed by atoms with van der Waals surface area (Å²) in [5.74, 6) is 0. The van der Waals surface area contributed by atoms with E-state index < -0.39 is 6.10 Å². The van der Waals surface area contributed by atoms with Crippen molar-refractivity contribution in [1.82, 2.24) is 4.98 Å². The van der Waals surface area contributed by atoms with Crippen LogP contribution in [0.3, 0.4) is 0 Å². The number of pyridine rings is 1. The highest BCUT2D eigenvalue weighted by Gasteiger charge is 2.11. The molecule has 0 aliphatic carbocycles. The van der Waals surface area contributed by atoms with Crippen molar-refractivity contribution in [2.45, 2.75) is 32.8 Å². The predicted molar refractivity (Wildman–Crippen MR) is 70.1 cm³/mol. The van der Waals surface area contributed by atoms with Gasteiger partial charge in [0, 0.05) is 13.1 Å². The molecule has 92 valence electrons. The zero-order valence-corrected chi connectivity index (χ0v) is 10.6. The van der Waals surface area contributed by atoms with Crippen LogP contribution in [-0.4, -0.2) is 23.2 Å². The summed E-state index contributed by atoms with van der Waals surface area (Å²) in [7, 11) is 0. The minimum absolute atomic E-state index is 0.437. The topological polar surface area (TPSA) is 36.4 Å². The quantitative estimate of drug-likeness (QED) is 0.814. The molecule has 0 spiro atoms. The first kappa shape index (κ1) is 12.1. The maximum Gasteiger partial charge on any atom is 0.0957 e. The number of anilines is 1. The van der Waals surface area contributed by atoms with Gasteiger partial charge in [0.05, 0.1) is 23.7 Å². The van der Waals surface area contributed by atoms with Gasteiger partial charge in [-0.15, -0.1) is 0 Å². The first-order chi connectivity index (χ1) is 8.20. The Morgan fingerprint density at radius 3 is 2.82 bits per heavy atom. The molecule has 2 rings (SSSR count). The molecule has 1 N–H and O–H groups in total. The lowest BCUT2D eigenvalue weighted by molar-refractivity contribution is 0.169. The summed E-state index contributed by atoms with van der Waals surface area (Å²) in [5, 5.41) is 9.68. The number of rotatable bonds is 3. The SMILES string of the molecule is CC[C@@H](O)c1ccc(N2CC=C(C)CC2)cn1. The van der Waals surface area contributed by atoms with Gasteiger partial charge in [0.1, 0.15) is 0 Å². The van der Waals surface area contributed by atoms with Crippen LogP contribution < -0.4 is 4.90 Å². The van der Waals surface area contributed by atoms with Gasteiger partial charge in [0.25, 0.3) is 0 Å². The molecule has 1 aliphatic heterocycles. The van der Waals surface area contributed by atoms with Gasteiger partial charge >= 0.3 is 0 Å². The van der Waals surface area contributed by atoms with Gasteiger partial charge in [-0.25, -0.2) is 0 Å². The Kier molecular flexibility index (Phi) is 3.79. The van der Waals surface area contributed by atoms with Gasteiger partial charge in [-0.1, -0.05) is 18.6 Å². The summed E-state index contributed by atoms with van der Waals surface area (Å²) in [6.45, 7) is 6.15. The van der Waals surface area contributed by atoms with Crippen LogP contribution in [0.25, 0.3) is 0 Å². The van der Waals surface area contributed by atoms with E-state index in [0.29, 0.717) is 6.42 Å². The molecule has 0 saturated heterocycles. The van der Waals surface area contributed by atoms with E-state index in [9.17, 15) is 5.11 Å². The van der Waals surface area contributed by atoms with E-state index in [2.05, 4.69) is 29.0 Å². The number of nitrogens with zero attached hydrogens (tertiary/aromatic N) is 2. The Morgan fingerprint density at radius 2 is 2.29 bits per heavy atom. The molecule has 1 aromatic heterocycles. The van der Waals surface area contributed by atoms with Crippen molar-refractivity contribution in [2.75, 3.05) is 18.0 Å². The van der Waals surface area contributed by atoms with Crippen LogP contribution in [0, 0.1) is 0 Å². The van der Waals surface area contributed by atoms with Gasteiger partial charge in [-0.05, 0) is 31.9 Å². The second-order valence-corrected chi connectivity index (χ2v) is 4.61. The average molecular weight is 232 g/mol. The maximum absolute atomic E-state index is 9.68. The lowest BCUT2D eigenvalue weighted by Gasteiger charge is -2.27. The van der Waals surface area contributed by atoms with Crippen molar-refractivity contribution in [1.29, 1.82) is 0 Å². The van der Waals surface area contributed by atoms with E-state index in [4.69, 9.17) is 0 Å². The van der Waals surface area contributed by atoms with Crippen LogP contribution >= 0.6 is 0 Å². The van der Waals surface area contributed by atoms with Crippen LogP contribution in [0.4, 0.5) is 5.69 Å². The fraction of sp³-hybridized carbons (Fsp3) is 0.500. The summed E-state index contributed by atoms with van der Waals surface area (Å²) < 4.78 is 0. The molecule has 3 heteroatoms. The second-order valence-electron chi connectivity index (χ2n) is 4.61. The van der Waals surface area contributed by atoms with E-state index in [1.54, 1.807) is 0 Å². The van der Waals surface area contributed by atoms with Crippen molar-refractivity contribution in [3.05, 3.63) is 35.7 Å². The van der Waals surface area contributed by atoms with Crippen LogP contribution in [0.5, 0.6) is 0 Å². The summed E-state index contributed by atoms with van der Waals surface area (Å²) in [6.07, 6.45) is 5.52. The third kappa shape index (κ3) is 2.86. The van der Waals surface area contributed by atoms with E-state index >= 15 is 0 Å². The molecule has 1 aliphatic rings. The van der Waals surface area contributed by atoms with Crippen molar-refractivity contribution in [2.24, 2.45) is 0 Å². The van der Waals surface area contributed by atoms with Gasteiger partial charge in [0.15, 0.2) is 0 Å². The van der Waals surface area contributed by atoms with Crippen LogP contribution in [0.15, 0.2) is 30.0 Å². The average Bonchev–Trinajstić information content (AvgIpc) is 2.39. The van der Waals surface area contributed by atoms with Gasteiger partial charge in [-0.2, -0.15) is 0 Å². The Bertz CT molecular complexity index is 397. The summed E-state index contributed by atoms with van der Waals surface area (Å²) in [5.41, 5.74) is 3.37. The fourth-order valence-electron chi connectivity index (χ4n) is 2.00. The van der Waals surface area contributed by atoms with Crippen LogP contribution in [0.1, 0.15) is 38.5 Å². The smallest absolute Gasteiger partial charge is 0.0957 e. The summed E-state index contributed by atoms with van der Waals surface area (Å²) in [6, 6.07) is 3.98. The van der Waals surface area contributed by atoms with E-state index in [1.165, 1.54) is 5.57 Å². The van der Waals surface area contributed by atoms with Crippen molar-refractivity contribution >= 4 is 5.69 Å². The van der Waals surface area contributed by atoms with Crippen LogP contribution in [-0.2, 0) is 0 Å². The number of hydrogen-bond donors (Lipinski definition) is 1. The molecule has 0 saturated carbocycles. The molecule has 0 radical (unpaired) electrons. The van der Waals surface area contributed by atoms with Gasteiger partial charge < -0.3 is 10.0 Å². The monoisotopic (exact) mass is 232 g/mol. The molecular formula is C14H20N2O. The third-order valence-electron chi connectivity index (χ3n) is 3.30. The molecule has 0 aromatic carbocycles. The molecule has 0 bridgehead atoms. The highest BCUT2D eigenvalue weighted by Crippen LogP contribution is 2.21. The van der Waals surface area contributed by atoms with Gasteiger partial charge in [0.2, 0.25) is 0 Å². The first-order valence-corrected chi connectivity index (χ1v) is 6.25. The second kappa shape index (κ2) is 5.32. The van der Waals surface area contributed by atoms with E-state index in [-0.39, 0.29) is 0 Å². The molecule has 3 nitrogen and oxygen atoms in total. The number of aromatic nitrogens is 1. The third-order valence-corrected chi connectivity index (χ3v) is 3.30. The molecular weight excluding hydrogens is 212 g/mol. The number of aliphatic hydroxyl groups excluding tert-OH is 1. The Labute approximate surface area is 103 Å². The molecule has 1 aromatic rings. The number of hydrogen-bond acceptors (Lipinski definition) is 3. The predicted octanol–water partition coefficient (Wildman–Crippen LogP) is 2.68. The Hall–Kier alpha value is -1.35. The number of aliphatic hydroxyl groups is 1. The normalized spacial score (nSPS) is 17.8. The summed E-state index contributed by atoms with van der Waals surface area (Å²) >= 11 is 0. The molecule has 0 fully saturated rings. The van der Waals surface area contributed by atoms with Crippen LogP contribution in [0.2, 0.25) is 0 Å². The Morgan fingerprint density at radius 1 is 1.47 bits per heavy atom. The minimum Gasteiger partial charge on any atom is -0.387 e. The standard InChI is InChI=1S/C14H20N2O/c1-3-14(17)13-5-4-12(10-15-13)16-8-6-11(2)7-9-16/h4-6,10,14,17H,3,7-9H2,1-2H3/t14-/m1/s1. The zero-order chi connectivity index (χ0) is 12.3. The first-order valence-electron chi connectivity index (χ1n) is 6.25. The fourth-order valence-corrected chi connectivity index (χ4v) is 2.00. The Balaban J connectivity index is 2.08. The molecule has 2 heterocycles. The van der Waals surface area contributed by atoms with Crippen molar-refractivity contribution in [3.63, 3.8) is 0 Å². The zero-order valence-electron chi connectivity index (χ0n) is 10.6. The maximum atomic E-state index is 9.68. The van der Waals surface area contributed by atoms with E-state index in [0.717, 1.165) is 30.9 Å². The summed E-state index contributed by atoms with van der Waals surface area (Å²) in [4.78, 5) is 6.64. The highest BCUT2D eigenvalue weighted by molar-refractivity contribution is 5.46. The lowest BCUT2D eigenvalue weighted by Crippen LogP contribution is -2.28. The minimum atomic E-state index is -0.437. The lowest BCUT2D eigenvalue weighted by atomic mass is 10.1. The largest absolute Gasteiger partial charge is 0.387 e.